The van der Waals surface area contributed by atoms with Gasteiger partial charge in [0.1, 0.15) is 0 Å². The molecule has 0 unspecified atom stereocenters. The van der Waals surface area contributed by atoms with E-state index in [1.807, 2.05) is 62.6 Å². The van der Waals surface area contributed by atoms with Crippen molar-refractivity contribution < 1.29 is 14.3 Å². The zero-order chi connectivity index (χ0) is 18.1. The van der Waals surface area contributed by atoms with Crippen molar-refractivity contribution in [2.45, 2.75) is 25.2 Å². The van der Waals surface area contributed by atoms with Crippen molar-refractivity contribution >= 4 is 17.7 Å². The fourth-order valence-electron chi connectivity index (χ4n) is 2.50. The largest absolute Gasteiger partial charge is 0.490 e. The van der Waals surface area contributed by atoms with Crippen LogP contribution in [0, 0.1) is 0 Å². The molecule has 0 aliphatic rings. The molecule has 0 aliphatic heterocycles. The third kappa shape index (κ3) is 5.43. The molecule has 1 N–H and O–H groups in total. The Morgan fingerprint density at radius 3 is 2.48 bits per heavy atom. The molecule has 25 heavy (non-hydrogen) atoms. The third-order valence-corrected chi connectivity index (χ3v) is 4.45. The summed E-state index contributed by atoms with van der Waals surface area (Å²) in [5, 5.41) is 2.99. The minimum atomic E-state index is -0.0408. The highest BCUT2D eigenvalue weighted by molar-refractivity contribution is 7.98. The van der Waals surface area contributed by atoms with Gasteiger partial charge in [-0.25, -0.2) is 0 Å². The van der Waals surface area contributed by atoms with Gasteiger partial charge in [-0.05, 0) is 56.4 Å². The molecule has 5 heteroatoms. The summed E-state index contributed by atoms with van der Waals surface area (Å²) in [5.74, 6) is 1.47. The van der Waals surface area contributed by atoms with E-state index in [0.29, 0.717) is 19.8 Å². The van der Waals surface area contributed by atoms with Crippen molar-refractivity contribution in [3.05, 3.63) is 53.6 Å². The Bertz CT molecular complexity index is 703. The van der Waals surface area contributed by atoms with Gasteiger partial charge in [-0.2, -0.15) is 0 Å². The van der Waals surface area contributed by atoms with Crippen molar-refractivity contribution in [2.24, 2.45) is 0 Å². The summed E-state index contributed by atoms with van der Waals surface area (Å²) < 4.78 is 11.2. The van der Waals surface area contributed by atoms with Crippen LogP contribution in [0.1, 0.15) is 29.8 Å². The van der Waals surface area contributed by atoms with Crippen LogP contribution in [0.4, 0.5) is 0 Å². The molecule has 0 atom stereocenters. The molecule has 0 aromatic heterocycles. The fourth-order valence-corrected chi connectivity index (χ4v) is 3.09. The average Bonchev–Trinajstić information content (AvgIpc) is 2.64. The van der Waals surface area contributed by atoms with Crippen LogP contribution in [0.25, 0.3) is 0 Å². The second kappa shape index (κ2) is 9.99. The number of nitrogens with one attached hydrogen (secondary N) is 1. The summed E-state index contributed by atoms with van der Waals surface area (Å²) in [7, 11) is 0. The van der Waals surface area contributed by atoms with E-state index in [0.717, 1.165) is 33.9 Å². The summed E-state index contributed by atoms with van der Waals surface area (Å²) in [6, 6.07) is 13.6. The smallest absolute Gasteiger partial charge is 0.252 e. The lowest BCUT2D eigenvalue weighted by Gasteiger charge is -2.13. The van der Waals surface area contributed by atoms with Gasteiger partial charge < -0.3 is 14.8 Å². The second-order valence-electron chi connectivity index (χ2n) is 5.35. The Hall–Kier alpha value is -2.14. The maximum absolute atomic E-state index is 12.4. The third-order valence-electron chi connectivity index (χ3n) is 3.66. The van der Waals surface area contributed by atoms with Crippen molar-refractivity contribution in [3.8, 4) is 11.5 Å². The minimum absolute atomic E-state index is 0.0408. The first-order valence-corrected chi connectivity index (χ1v) is 9.71. The predicted octanol–water partition coefficient (Wildman–Crippen LogP) is 4.18. The summed E-state index contributed by atoms with van der Waals surface area (Å²) in [5.41, 5.74) is 1.82. The van der Waals surface area contributed by atoms with Crippen LogP contribution in [-0.2, 0) is 6.42 Å². The number of amides is 1. The first-order valence-electron chi connectivity index (χ1n) is 8.49. The number of thioether (sulfide) groups is 1. The number of hydrogen-bond acceptors (Lipinski definition) is 4. The SMILES string of the molecule is CCOc1ccc(CCNC(=O)c2ccccc2SC)cc1OCC. The van der Waals surface area contributed by atoms with E-state index in [-0.39, 0.29) is 5.91 Å². The summed E-state index contributed by atoms with van der Waals surface area (Å²) in [4.78, 5) is 13.3. The van der Waals surface area contributed by atoms with Crippen LogP contribution in [0.5, 0.6) is 11.5 Å². The van der Waals surface area contributed by atoms with Crippen molar-refractivity contribution in [2.75, 3.05) is 26.0 Å². The highest BCUT2D eigenvalue weighted by atomic mass is 32.2. The van der Waals surface area contributed by atoms with Gasteiger partial charge in [-0.3, -0.25) is 4.79 Å². The lowest BCUT2D eigenvalue weighted by atomic mass is 10.1. The number of ether oxygens (including phenoxy) is 2. The molecular weight excluding hydrogens is 334 g/mol. The highest BCUT2D eigenvalue weighted by Gasteiger charge is 2.10. The van der Waals surface area contributed by atoms with Gasteiger partial charge in [0, 0.05) is 11.4 Å². The van der Waals surface area contributed by atoms with Gasteiger partial charge in [0.05, 0.1) is 18.8 Å². The van der Waals surface area contributed by atoms with Crippen LogP contribution in [0.2, 0.25) is 0 Å². The van der Waals surface area contributed by atoms with E-state index in [9.17, 15) is 4.79 Å². The first kappa shape index (κ1) is 19.2. The van der Waals surface area contributed by atoms with Gasteiger partial charge in [0.25, 0.3) is 5.91 Å². The molecular formula is C20H25NO3S. The second-order valence-corrected chi connectivity index (χ2v) is 6.20. The van der Waals surface area contributed by atoms with E-state index >= 15 is 0 Å². The molecule has 0 bridgehead atoms. The zero-order valence-electron chi connectivity index (χ0n) is 15.0. The van der Waals surface area contributed by atoms with Crippen LogP contribution in [0.3, 0.4) is 0 Å². The molecule has 4 nitrogen and oxygen atoms in total. The minimum Gasteiger partial charge on any atom is -0.490 e. The number of carbonyl (C=O) groups is 1. The molecule has 1 amide bonds. The van der Waals surface area contributed by atoms with E-state index in [2.05, 4.69) is 5.32 Å². The molecule has 0 saturated heterocycles. The first-order chi connectivity index (χ1) is 12.2. The van der Waals surface area contributed by atoms with Gasteiger partial charge in [-0.1, -0.05) is 18.2 Å². The standard InChI is InChI=1S/C20H25NO3S/c1-4-23-17-11-10-15(14-18(17)24-5-2)12-13-21-20(22)16-8-6-7-9-19(16)25-3/h6-11,14H,4-5,12-13H2,1-3H3,(H,21,22). The normalized spacial score (nSPS) is 10.4. The van der Waals surface area contributed by atoms with Crippen LogP contribution in [-0.4, -0.2) is 31.9 Å². The Morgan fingerprint density at radius 2 is 1.76 bits per heavy atom. The number of benzene rings is 2. The van der Waals surface area contributed by atoms with E-state index in [1.54, 1.807) is 11.8 Å². The van der Waals surface area contributed by atoms with Gasteiger partial charge in [0.2, 0.25) is 0 Å². The van der Waals surface area contributed by atoms with Gasteiger partial charge >= 0.3 is 0 Å². The van der Waals surface area contributed by atoms with Crippen LogP contribution < -0.4 is 14.8 Å². The highest BCUT2D eigenvalue weighted by Crippen LogP contribution is 2.28. The Kier molecular flexibility index (Phi) is 7.67. The molecule has 2 aromatic rings. The van der Waals surface area contributed by atoms with E-state index in [1.165, 1.54) is 0 Å². The Morgan fingerprint density at radius 1 is 1.04 bits per heavy atom. The van der Waals surface area contributed by atoms with Crippen LogP contribution in [0.15, 0.2) is 47.4 Å². The Labute approximate surface area is 153 Å². The predicted molar refractivity (Wildman–Crippen MR) is 103 cm³/mol. The molecule has 2 aromatic carbocycles. The molecule has 134 valence electrons. The van der Waals surface area contributed by atoms with E-state index < -0.39 is 0 Å². The number of rotatable bonds is 9. The van der Waals surface area contributed by atoms with Crippen molar-refractivity contribution in [1.29, 1.82) is 0 Å². The maximum atomic E-state index is 12.4. The summed E-state index contributed by atoms with van der Waals surface area (Å²) in [6.07, 6.45) is 2.71. The van der Waals surface area contributed by atoms with Gasteiger partial charge in [-0.15, -0.1) is 11.8 Å². The average molecular weight is 359 g/mol. The molecule has 0 fully saturated rings. The molecule has 0 radical (unpaired) electrons. The van der Waals surface area contributed by atoms with E-state index in [4.69, 9.17) is 9.47 Å². The quantitative estimate of drug-likeness (QED) is 0.683. The lowest BCUT2D eigenvalue weighted by Crippen LogP contribution is -2.26. The molecule has 0 heterocycles. The van der Waals surface area contributed by atoms with Crippen molar-refractivity contribution in [3.63, 3.8) is 0 Å². The summed E-state index contributed by atoms with van der Waals surface area (Å²) >= 11 is 1.58. The topological polar surface area (TPSA) is 47.6 Å². The monoisotopic (exact) mass is 359 g/mol. The zero-order valence-corrected chi connectivity index (χ0v) is 15.8. The van der Waals surface area contributed by atoms with Crippen LogP contribution >= 0.6 is 11.8 Å². The number of carbonyl (C=O) groups excluding carboxylic acids is 1. The number of hydrogen-bond donors (Lipinski definition) is 1. The molecule has 0 aliphatic carbocycles. The lowest BCUT2D eigenvalue weighted by molar-refractivity contribution is 0.0951. The maximum Gasteiger partial charge on any atom is 0.252 e. The fraction of sp³-hybridized carbons (Fsp3) is 0.350. The molecule has 0 saturated carbocycles. The molecule has 2 rings (SSSR count). The van der Waals surface area contributed by atoms with Crippen molar-refractivity contribution in [1.82, 2.24) is 5.32 Å². The Balaban J connectivity index is 1.97. The van der Waals surface area contributed by atoms with Gasteiger partial charge in [0.15, 0.2) is 11.5 Å². The summed E-state index contributed by atoms with van der Waals surface area (Å²) in [6.45, 7) is 5.66. The molecule has 0 spiro atoms.